The molecule has 0 aliphatic carbocycles. The lowest BCUT2D eigenvalue weighted by Crippen LogP contribution is -2.08. The van der Waals surface area contributed by atoms with Crippen LogP contribution >= 0.6 is 39.1 Å². The molecule has 0 atom stereocenters. The van der Waals surface area contributed by atoms with Gasteiger partial charge in [0.05, 0.1) is 27.0 Å². The summed E-state index contributed by atoms with van der Waals surface area (Å²) in [4.78, 5) is 0. The van der Waals surface area contributed by atoms with Crippen molar-refractivity contribution in [3.8, 4) is 0 Å². The van der Waals surface area contributed by atoms with Crippen molar-refractivity contribution in [1.82, 2.24) is 4.57 Å². The van der Waals surface area contributed by atoms with E-state index in [1.807, 2.05) is 41.1 Å². The van der Waals surface area contributed by atoms with Crippen LogP contribution in [0.15, 0.2) is 52.2 Å². The van der Waals surface area contributed by atoms with Gasteiger partial charge in [0.25, 0.3) is 0 Å². The number of fused-ring (bicyclic) bond motifs is 1. The molecule has 1 aromatic heterocycles. The maximum absolute atomic E-state index is 11.5. The zero-order chi connectivity index (χ0) is 21.2. The van der Waals surface area contributed by atoms with E-state index in [-0.39, 0.29) is 5.75 Å². The van der Waals surface area contributed by atoms with Gasteiger partial charge in [-0.05, 0) is 24.1 Å². The molecule has 0 saturated heterocycles. The van der Waals surface area contributed by atoms with Crippen LogP contribution in [-0.2, 0) is 22.8 Å². The SMILES string of the molecule is CS(=O)(=O)CCCn1cc(/C(Cc2ccccc2Br)=N/O)c2ccc(Cl)c(Cl)c21. The fourth-order valence-corrected chi connectivity index (χ4v) is 4.74. The minimum atomic E-state index is -3.07. The number of oxime groups is 1. The highest BCUT2D eigenvalue weighted by molar-refractivity contribution is 9.10. The number of aryl methyl sites for hydroxylation is 1. The van der Waals surface area contributed by atoms with Crippen molar-refractivity contribution in [2.45, 2.75) is 19.4 Å². The molecule has 3 aromatic rings. The highest BCUT2D eigenvalue weighted by Crippen LogP contribution is 2.35. The number of nitrogens with zero attached hydrogens (tertiary/aromatic N) is 2. The molecule has 0 unspecified atom stereocenters. The molecule has 0 radical (unpaired) electrons. The van der Waals surface area contributed by atoms with Crippen LogP contribution in [0.5, 0.6) is 0 Å². The van der Waals surface area contributed by atoms with Gasteiger partial charge in [0, 0.05) is 40.8 Å². The van der Waals surface area contributed by atoms with Crippen LogP contribution in [0.25, 0.3) is 10.9 Å². The summed E-state index contributed by atoms with van der Waals surface area (Å²) in [6, 6.07) is 11.2. The maximum atomic E-state index is 11.5. The summed E-state index contributed by atoms with van der Waals surface area (Å²) < 4.78 is 25.8. The standard InChI is InChI=1S/C20H19BrCl2N2O3S/c1-29(27,28)10-4-9-25-12-15(14-7-8-17(22)19(23)20(14)25)18(24-26)11-13-5-2-3-6-16(13)21/h2-3,5-8,12,26H,4,9-11H2,1H3/b24-18+. The highest BCUT2D eigenvalue weighted by atomic mass is 79.9. The summed E-state index contributed by atoms with van der Waals surface area (Å²) in [5.41, 5.74) is 2.85. The molecule has 1 N–H and O–H groups in total. The zero-order valence-electron chi connectivity index (χ0n) is 15.6. The smallest absolute Gasteiger partial charge is 0.147 e. The third-order valence-electron chi connectivity index (χ3n) is 4.59. The monoisotopic (exact) mass is 516 g/mol. The van der Waals surface area contributed by atoms with Crippen molar-refractivity contribution in [2.24, 2.45) is 5.16 Å². The molecule has 2 aromatic carbocycles. The molecule has 0 bridgehead atoms. The number of sulfone groups is 1. The van der Waals surface area contributed by atoms with Gasteiger partial charge in [0.1, 0.15) is 9.84 Å². The van der Waals surface area contributed by atoms with E-state index in [0.717, 1.165) is 21.0 Å². The molecular formula is C20H19BrCl2N2O3S. The third kappa shape index (κ3) is 5.15. The van der Waals surface area contributed by atoms with Crippen LogP contribution in [-0.4, -0.2) is 35.9 Å². The molecule has 0 saturated carbocycles. The van der Waals surface area contributed by atoms with Gasteiger partial charge in [-0.2, -0.15) is 0 Å². The third-order valence-corrected chi connectivity index (χ3v) is 7.19. The van der Waals surface area contributed by atoms with Gasteiger partial charge in [-0.15, -0.1) is 0 Å². The van der Waals surface area contributed by atoms with Gasteiger partial charge in [0.2, 0.25) is 0 Å². The molecule has 5 nitrogen and oxygen atoms in total. The van der Waals surface area contributed by atoms with Gasteiger partial charge in [-0.25, -0.2) is 8.42 Å². The van der Waals surface area contributed by atoms with Crippen molar-refractivity contribution in [3.05, 3.63) is 68.2 Å². The molecule has 29 heavy (non-hydrogen) atoms. The lowest BCUT2D eigenvalue weighted by atomic mass is 10.0. The Kier molecular flexibility index (Phi) is 6.94. The van der Waals surface area contributed by atoms with Crippen LogP contribution in [0.1, 0.15) is 17.5 Å². The van der Waals surface area contributed by atoms with Crippen molar-refractivity contribution in [3.63, 3.8) is 0 Å². The Morgan fingerprint density at radius 3 is 2.59 bits per heavy atom. The summed E-state index contributed by atoms with van der Waals surface area (Å²) in [6.45, 7) is 0.442. The second kappa shape index (κ2) is 9.08. The topological polar surface area (TPSA) is 71.7 Å². The Morgan fingerprint density at radius 2 is 1.93 bits per heavy atom. The Morgan fingerprint density at radius 1 is 1.21 bits per heavy atom. The van der Waals surface area contributed by atoms with Gasteiger partial charge in [-0.1, -0.05) is 68.6 Å². The molecule has 1 heterocycles. The second-order valence-electron chi connectivity index (χ2n) is 6.79. The van der Waals surface area contributed by atoms with E-state index in [9.17, 15) is 13.6 Å². The van der Waals surface area contributed by atoms with Crippen molar-refractivity contribution in [2.75, 3.05) is 12.0 Å². The maximum Gasteiger partial charge on any atom is 0.147 e. The average Bonchev–Trinajstić information content (AvgIpc) is 3.02. The van der Waals surface area contributed by atoms with Crippen LogP contribution in [0.3, 0.4) is 0 Å². The first-order valence-corrected chi connectivity index (χ1v) is 12.4. The lowest BCUT2D eigenvalue weighted by molar-refractivity contribution is 0.318. The minimum Gasteiger partial charge on any atom is -0.411 e. The number of hydrogen-bond acceptors (Lipinski definition) is 4. The number of benzene rings is 2. The van der Waals surface area contributed by atoms with Crippen molar-refractivity contribution in [1.29, 1.82) is 0 Å². The highest BCUT2D eigenvalue weighted by Gasteiger charge is 2.19. The summed E-state index contributed by atoms with van der Waals surface area (Å²) in [5, 5.41) is 14.8. The van der Waals surface area contributed by atoms with E-state index in [1.54, 1.807) is 6.07 Å². The molecule has 3 rings (SSSR count). The van der Waals surface area contributed by atoms with Gasteiger partial charge in [0.15, 0.2) is 0 Å². The fourth-order valence-electron chi connectivity index (χ4n) is 3.24. The summed E-state index contributed by atoms with van der Waals surface area (Å²) in [5.74, 6) is 0.0676. The van der Waals surface area contributed by atoms with E-state index in [4.69, 9.17) is 23.2 Å². The minimum absolute atomic E-state index is 0.0676. The van der Waals surface area contributed by atoms with E-state index < -0.39 is 9.84 Å². The first kappa shape index (κ1) is 22.2. The van der Waals surface area contributed by atoms with Crippen LogP contribution < -0.4 is 0 Å². The van der Waals surface area contributed by atoms with E-state index in [1.165, 1.54) is 6.26 Å². The van der Waals surface area contributed by atoms with Crippen LogP contribution in [0, 0.1) is 0 Å². The predicted octanol–water partition coefficient (Wildman–Crippen LogP) is 5.57. The predicted molar refractivity (Wildman–Crippen MR) is 122 cm³/mol. The molecule has 0 amide bonds. The Labute approximate surface area is 188 Å². The number of halogens is 3. The van der Waals surface area contributed by atoms with E-state index in [0.29, 0.717) is 40.7 Å². The van der Waals surface area contributed by atoms with Gasteiger partial charge < -0.3 is 9.77 Å². The van der Waals surface area contributed by atoms with Crippen LogP contribution in [0.2, 0.25) is 10.0 Å². The largest absolute Gasteiger partial charge is 0.411 e. The zero-order valence-corrected chi connectivity index (χ0v) is 19.5. The fraction of sp³-hybridized carbons (Fsp3) is 0.250. The van der Waals surface area contributed by atoms with E-state index >= 15 is 0 Å². The first-order valence-electron chi connectivity index (χ1n) is 8.80. The van der Waals surface area contributed by atoms with Gasteiger partial charge >= 0.3 is 0 Å². The molecule has 0 aliphatic heterocycles. The summed E-state index contributed by atoms with van der Waals surface area (Å²) >= 11 is 16.2. The average molecular weight is 518 g/mol. The van der Waals surface area contributed by atoms with Crippen LogP contribution in [0.4, 0.5) is 0 Å². The molecule has 0 fully saturated rings. The van der Waals surface area contributed by atoms with Gasteiger partial charge in [-0.3, -0.25) is 0 Å². The number of aromatic nitrogens is 1. The van der Waals surface area contributed by atoms with Crippen molar-refractivity contribution >= 4 is 65.6 Å². The second-order valence-corrected chi connectivity index (χ2v) is 10.7. The Balaban J connectivity index is 2.05. The quantitative estimate of drug-likeness (QED) is 0.253. The molecule has 0 aliphatic rings. The Bertz CT molecular complexity index is 1190. The molecule has 9 heteroatoms. The first-order chi connectivity index (χ1) is 13.7. The number of rotatable bonds is 7. The summed E-state index contributed by atoms with van der Waals surface area (Å²) in [7, 11) is -3.07. The normalized spacial score (nSPS) is 12.6. The van der Waals surface area contributed by atoms with E-state index in [2.05, 4.69) is 21.1 Å². The molecular weight excluding hydrogens is 499 g/mol. The summed E-state index contributed by atoms with van der Waals surface area (Å²) in [6.07, 6.45) is 3.88. The number of hydrogen-bond donors (Lipinski definition) is 1. The molecule has 0 spiro atoms. The lowest BCUT2D eigenvalue weighted by Gasteiger charge is -2.07. The Hall–Kier alpha value is -1.54. The molecule has 154 valence electrons. The van der Waals surface area contributed by atoms with Crippen molar-refractivity contribution < 1.29 is 13.6 Å².